The van der Waals surface area contributed by atoms with Gasteiger partial charge in [-0.05, 0) is 6.07 Å². The maximum Gasteiger partial charge on any atom is 0.145 e. The van der Waals surface area contributed by atoms with Crippen LogP contribution in [0.15, 0.2) is 24.7 Å². The molecule has 2 aromatic heterocycles. The van der Waals surface area contributed by atoms with Gasteiger partial charge in [0.2, 0.25) is 0 Å². The van der Waals surface area contributed by atoms with Gasteiger partial charge in [0.05, 0.1) is 16.2 Å². The van der Waals surface area contributed by atoms with Crippen molar-refractivity contribution in [3.63, 3.8) is 0 Å². The summed E-state index contributed by atoms with van der Waals surface area (Å²) >= 11 is 11.7. The highest BCUT2D eigenvalue weighted by Crippen LogP contribution is 2.22. The number of rotatable bonds is 3. The summed E-state index contributed by atoms with van der Waals surface area (Å²) in [5.41, 5.74) is 1.03. The summed E-state index contributed by atoms with van der Waals surface area (Å²) < 4.78 is 0. The third-order valence-electron chi connectivity index (χ3n) is 1.82. The summed E-state index contributed by atoms with van der Waals surface area (Å²) in [4.78, 5) is 4.07. The van der Waals surface area contributed by atoms with Crippen LogP contribution in [0.1, 0.15) is 5.56 Å². The highest BCUT2D eigenvalue weighted by Gasteiger charge is 2.02. The fourth-order valence-electron chi connectivity index (χ4n) is 1.10. The Morgan fingerprint density at radius 3 is 2.87 bits per heavy atom. The van der Waals surface area contributed by atoms with E-state index in [1.165, 1.54) is 0 Å². The van der Waals surface area contributed by atoms with Crippen LogP contribution in [0.5, 0.6) is 0 Å². The molecule has 15 heavy (non-hydrogen) atoms. The molecule has 6 heteroatoms. The molecule has 2 heterocycles. The van der Waals surface area contributed by atoms with E-state index in [4.69, 9.17) is 23.2 Å². The van der Waals surface area contributed by atoms with Gasteiger partial charge in [0, 0.05) is 24.5 Å². The highest BCUT2D eigenvalue weighted by atomic mass is 35.5. The van der Waals surface area contributed by atoms with Crippen LogP contribution in [0.2, 0.25) is 10.0 Å². The molecule has 0 saturated heterocycles. The van der Waals surface area contributed by atoms with Crippen LogP contribution < -0.4 is 5.32 Å². The molecule has 78 valence electrons. The number of halogens is 2. The summed E-state index contributed by atoms with van der Waals surface area (Å²) in [6, 6.07) is 1.65. The molecule has 0 aliphatic heterocycles. The van der Waals surface area contributed by atoms with Gasteiger partial charge in [-0.1, -0.05) is 23.2 Å². The normalized spacial score (nSPS) is 10.3. The zero-order valence-corrected chi connectivity index (χ0v) is 9.18. The van der Waals surface area contributed by atoms with Crippen LogP contribution in [-0.4, -0.2) is 15.2 Å². The molecule has 0 aromatic carbocycles. The van der Waals surface area contributed by atoms with Gasteiger partial charge in [-0.25, -0.2) is 4.98 Å². The van der Waals surface area contributed by atoms with Crippen molar-refractivity contribution in [2.45, 2.75) is 6.54 Å². The number of aromatic nitrogens is 3. The van der Waals surface area contributed by atoms with Gasteiger partial charge >= 0.3 is 0 Å². The number of anilines is 1. The van der Waals surface area contributed by atoms with Gasteiger partial charge in [-0.15, -0.1) is 0 Å². The lowest BCUT2D eigenvalue weighted by Crippen LogP contribution is -2.00. The van der Waals surface area contributed by atoms with E-state index in [0.717, 1.165) is 5.56 Å². The lowest BCUT2D eigenvalue weighted by molar-refractivity contribution is 1.09. The van der Waals surface area contributed by atoms with Gasteiger partial charge in [0.25, 0.3) is 0 Å². The molecule has 0 fully saturated rings. The van der Waals surface area contributed by atoms with E-state index >= 15 is 0 Å². The SMILES string of the molecule is Clc1cnc(NCc2cn[nH]c2)c(Cl)c1. The van der Waals surface area contributed by atoms with Gasteiger partial charge in [-0.3, -0.25) is 5.10 Å². The molecule has 2 N–H and O–H groups in total. The Labute approximate surface area is 96.6 Å². The van der Waals surface area contributed by atoms with Crippen molar-refractivity contribution in [2.75, 3.05) is 5.32 Å². The third-order valence-corrected chi connectivity index (χ3v) is 2.32. The number of pyridine rings is 1. The first-order chi connectivity index (χ1) is 7.25. The Bertz CT molecular complexity index is 441. The van der Waals surface area contributed by atoms with E-state index in [9.17, 15) is 0 Å². The monoisotopic (exact) mass is 242 g/mol. The van der Waals surface area contributed by atoms with Crippen LogP contribution in [0, 0.1) is 0 Å². The average Bonchev–Trinajstić information content (AvgIpc) is 2.69. The first-order valence-corrected chi connectivity index (χ1v) is 5.04. The Kier molecular flexibility index (Phi) is 3.08. The van der Waals surface area contributed by atoms with Gasteiger partial charge in [0.1, 0.15) is 5.82 Å². The number of nitrogens with zero attached hydrogens (tertiary/aromatic N) is 2. The van der Waals surface area contributed by atoms with E-state index in [-0.39, 0.29) is 0 Å². The Balaban J connectivity index is 2.05. The standard InChI is InChI=1S/C9H8Cl2N4/c10-7-1-8(11)9(13-5-7)12-2-6-3-14-15-4-6/h1,3-5H,2H2,(H,12,13)(H,14,15). The van der Waals surface area contributed by atoms with E-state index in [2.05, 4.69) is 20.5 Å². The minimum Gasteiger partial charge on any atom is -0.365 e. The quantitative estimate of drug-likeness (QED) is 0.871. The van der Waals surface area contributed by atoms with Gasteiger partial charge < -0.3 is 5.32 Å². The minimum absolute atomic E-state index is 0.506. The lowest BCUT2D eigenvalue weighted by Gasteiger charge is -2.05. The molecule has 0 unspecified atom stereocenters. The zero-order chi connectivity index (χ0) is 10.7. The molecule has 0 aliphatic rings. The van der Waals surface area contributed by atoms with Crippen molar-refractivity contribution in [1.82, 2.24) is 15.2 Å². The molecule has 0 amide bonds. The van der Waals surface area contributed by atoms with Crippen LogP contribution in [-0.2, 0) is 6.54 Å². The average molecular weight is 243 g/mol. The summed E-state index contributed by atoms with van der Waals surface area (Å²) in [7, 11) is 0. The van der Waals surface area contributed by atoms with Crippen molar-refractivity contribution >= 4 is 29.0 Å². The van der Waals surface area contributed by atoms with Gasteiger partial charge in [-0.2, -0.15) is 5.10 Å². The number of H-pyrrole nitrogens is 1. The maximum absolute atomic E-state index is 5.94. The fraction of sp³-hybridized carbons (Fsp3) is 0.111. The van der Waals surface area contributed by atoms with Crippen molar-refractivity contribution in [3.05, 3.63) is 40.3 Å². The summed E-state index contributed by atoms with van der Waals surface area (Å²) in [6.45, 7) is 0.616. The molecular formula is C9H8Cl2N4. The second-order valence-corrected chi connectivity index (χ2v) is 3.79. The Morgan fingerprint density at radius 1 is 1.33 bits per heavy atom. The lowest BCUT2D eigenvalue weighted by atomic mass is 10.3. The van der Waals surface area contributed by atoms with Crippen LogP contribution in [0.4, 0.5) is 5.82 Å². The van der Waals surface area contributed by atoms with E-state index < -0.39 is 0 Å². The van der Waals surface area contributed by atoms with Crippen molar-refractivity contribution in [3.8, 4) is 0 Å². The molecular weight excluding hydrogens is 235 g/mol. The van der Waals surface area contributed by atoms with Crippen molar-refractivity contribution in [2.24, 2.45) is 0 Å². The number of nitrogens with one attached hydrogen (secondary N) is 2. The molecule has 2 rings (SSSR count). The van der Waals surface area contributed by atoms with Crippen LogP contribution >= 0.6 is 23.2 Å². The van der Waals surface area contributed by atoms with Crippen molar-refractivity contribution in [1.29, 1.82) is 0 Å². The van der Waals surface area contributed by atoms with Crippen molar-refractivity contribution < 1.29 is 0 Å². The second-order valence-electron chi connectivity index (χ2n) is 2.94. The summed E-state index contributed by atoms with van der Waals surface area (Å²) in [5, 5.41) is 10.7. The predicted molar refractivity (Wildman–Crippen MR) is 60.2 cm³/mol. The molecule has 0 bridgehead atoms. The van der Waals surface area contributed by atoms with E-state index in [1.54, 1.807) is 24.7 Å². The molecule has 0 saturated carbocycles. The predicted octanol–water partition coefficient (Wildman–Crippen LogP) is 2.72. The van der Waals surface area contributed by atoms with E-state index in [1.807, 2.05) is 0 Å². The molecule has 0 aliphatic carbocycles. The topological polar surface area (TPSA) is 53.6 Å². The fourth-order valence-corrected chi connectivity index (χ4v) is 1.55. The first-order valence-electron chi connectivity index (χ1n) is 4.28. The Hall–Kier alpha value is -1.26. The number of aromatic amines is 1. The third kappa shape index (κ3) is 2.61. The molecule has 0 atom stereocenters. The summed E-state index contributed by atoms with van der Waals surface area (Å²) in [5.74, 6) is 0.613. The van der Waals surface area contributed by atoms with Crippen LogP contribution in [0.3, 0.4) is 0 Å². The highest BCUT2D eigenvalue weighted by molar-refractivity contribution is 6.35. The zero-order valence-electron chi connectivity index (χ0n) is 7.67. The van der Waals surface area contributed by atoms with E-state index in [0.29, 0.717) is 22.4 Å². The molecule has 0 radical (unpaired) electrons. The largest absolute Gasteiger partial charge is 0.365 e. The molecule has 4 nitrogen and oxygen atoms in total. The summed E-state index contributed by atoms with van der Waals surface area (Å²) in [6.07, 6.45) is 5.08. The Morgan fingerprint density at radius 2 is 2.20 bits per heavy atom. The first kappa shape index (κ1) is 10.3. The second kappa shape index (κ2) is 4.51. The number of hydrogen-bond acceptors (Lipinski definition) is 3. The number of hydrogen-bond donors (Lipinski definition) is 2. The van der Waals surface area contributed by atoms with Crippen LogP contribution in [0.25, 0.3) is 0 Å². The smallest absolute Gasteiger partial charge is 0.145 e. The minimum atomic E-state index is 0.506. The van der Waals surface area contributed by atoms with Gasteiger partial charge in [0.15, 0.2) is 0 Å². The molecule has 2 aromatic rings. The maximum atomic E-state index is 5.94. The molecule has 0 spiro atoms.